The predicted molar refractivity (Wildman–Crippen MR) is 387 cm³/mol. The summed E-state index contributed by atoms with van der Waals surface area (Å²) < 4.78 is 22.9. The number of carbonyl (C=O) groups excluding carboxylic acids is 1. The van der Waals surface area contributed by atoms with E-state index in [1.54, 1.807) is 6.08 Å². The van der Waals surface area contributed by atoms with Gasteiger partial charge in [-0.1, -0.05) is 331 Å². The zero-order chi connectivity index (χ0) is 68.0. The number of hydrogen-bond donors (Lipinski definition) is 9. The van der Waals surface area contributed by atoms with Crippen molar-refractivity contribution in [2.24, 2.45) is 0 Å². The third-order valence-electron chi connectivity index (χ3n) is 18.9. The fourth-order valence-corrected chi connectivity index (χ4v) is 12.7. The normalized spacial score (nSPS) is 22.8. The summed E-state index contributed by atoms with van der Waals surface area (Å²) >= 11 is 0. The summed E-state index contributed by atoms with van der Waals surface area (Å²) in [6.45, 7) is 2.71. The molecule has 0 spiro atoms. The van der Waals surface area contributed by atoms with Crippen molar-refractivity contribution in [1.82, 2.24) is 5.32 Å². The van der Waals surface area contributed by atoms with Crippen molar-refractivity contribution in [3.63, 3.8) is 0 Å². The minimum atomic E-state index is -1.79. The molecule has 12 atom stereocenters. The Morgan fingerprint density at radius 3 is 1.17 bits per heavy atom. The van der Waals surface area contributed by atoms with Crippen molar-refractivity contribution in [1.29, 1.82) is 0 Å². The second-order valence-corrected chi connectivity index (χ2v) is 27.4. The Bertz CT molecular complexity index is 1860. The number of allylic oxidation sites excluding steroid dienone is 11. The van der Waals surface area contributed by atoms with Crippen molar-refractivity contribution >= 4 is 5.91 Å². The zero-order valence-corrected chi connectivity index (χ0v) is 60.0. The third-order valence-corrected chi connectivity index (χ3v) is 18.9. The number of nitrogens with one attached hydrogen (secondary N) is 1. The maximum absolute atomic E-state index is 13.4. The quantitative estimate of drug-likeness (QED) is 0.0204. The van der Waals surface area contributed by atoms with E-state index in [4.69, 9.17) is 18.9 Å². The summed E-state index contributed by atoms with van der Waals surface area (Å²) in [6.07, 6.45) is 71.3. The first kappa shape index (κ1) is 87.5. The number of unbranched alkanes of at least 4 members (excludes halogenated alkanes) is 42. The molecule has 9 N–H and O–H groups in total. The Kier molecular flexibility index (Phi) is 59.4. The lowest BCUT2D eigenvalue weighted by Gasteiger charge is -2.46. The molecule has 2 saturated heterocycles. The van der Waals surface area contributed by atoms with E-state index in [0.29, 0.717) is 12.8 Å². The molecule has 0 aromatic rings. The van der Waals surface area contributed by atoms with E-state index >= 15 is 0 Å². The summed E-state index contributed by atoms with van der Waals surface area (Å²) in [5.74, 6) is -0.248. The summed E-state index contributed by atoms with van der Waals surface area (Å²) in [5.41, 5.74) is 0. The number of aliphatic hydroxyl groups is 8. The maximum atomic E-state index is 13.4. The Morgan fingerprint density at radius 1 is 0.394 bits per heavy atom. The van der Waals surface area contributed by atoms with Gasteiger partial charge in [0.1, 0.15) is 48.8 Å². The minimum Gasteiger partial charge on any atom is -0.394 e. The Morgan fingerprint density at radius 2 is 0.745 bits per heavy atom. The lowest BCUT2D eigenvalue weighted by Crippen LogP contribution is -2.65. The molecular weight excluding hydrogens is 1180 g/mol. The molecule has 2 aliphatic rings. The van der Waals surface area contributed by atoms with Crippen molar-refractivity contribution in [3.8, 4) is 0 Å². The molecule has 0 radical (unpaired) electrons. The van der Waals surface area contributed by atoms with Gasteiger partial charge in [0.15, 0.2) is 12.6 Å². The molecule has 14 heteroatoms. The maximum Gasteiger partial charge on any atom is 0.220 e. The fourth-order valence-electron chi connectivity index (χ4n) is 12.7. The molecule has 14 nitrogen and oxygen atoms in total. The van der Waals surface area contributed by atoms with Crippen molar-refractivity contribution in [3.05, 3.63) is 72.9 Å². The first-order chi connectivity index (χ1) is 46.1. The van der Waals surface area contributed by atoms with Crippen LogP contribution in [0.5, 0.6) is 0 Å². The van der Waals surface area contributed by atoms with E-state index < -0.39 is 86.8 Å². The van der Waals surface area contributed by atoms with E-state index in [2.05, 4.69) is 79.9 Å². The van der Waals surface area contributed by atoms with E-state index in [-0.39, 0.29) is 18.9 Å². The van der Waals surface area contributed by atoms with Gasteiger partial charge in [0.25, 0.3) is 0 Å². The van der Waals surface area contributed by atoms with Crippen LogP contribution in [0, 0.1) is 0 Å². The first-order valence-electron chi connectivity index (χ1n) is 39.2. The topological polar surface area (TPSA) is 228 Å². The molecule has 2 aliphatic heterocycles. The van der Waals surface area contributed by atoms with Crippen molar-refractivity contribution in [2.75, 3.05) is 19.8 Å². The number of ether oxygens (including phenoxy) is 4. The molecule has 2 heterocycles. The van der Waals surface area contributed by atoms with E-state index in [1.807, 2.05) is 6.08 Å². The van der Waals surface area contributed by atoms with Crippen LogP contribution < -0.4 is 5.32 Å². The largest absolute Gasteiger partial charge is 0.394 e. The number of carbonyl (C=O) groups is 1. The molecule has 0 aliphatic carbocycles. The second kappa shape index (κ2) is 63.8. The van der Waals surface area contributed by atoms with Crippen molar-refractivity contribution < 1.29 is 64.6 Å². The molecule has 1 amide bonds. The van der Waals surface area contributed by atoms with Crippen LogP contribution in [0.3, 0.4) is 0 Å². The van der Waals surface area contributed by atoms with Gasteiger partial charge < -0.3 is 65.1 Å². The number of hydrogen-bond acceptors (Lipinski definition) is 13. The van der Waals surface area contributed by atoms with Crippen LogP contribution in [0.2, 0.25) is 0 Å². The number of rotatable bonds is 65. The van der Waals surface area contributed by atoms with Gasteiger partial charge in [-0.2, -0.15) is 0 Å². The van der Waals surface area contributed by atoms with Gasteiger partial charge in [0.05, 0.1) is 32.0 Å². The molecule has 548 valence electrons. The van der Waals surface area contributed by atoms with E-state index in [0.717, 1.165) is 57.8 Å². The van der Waals surface area contributed by atoms with Gasteiger partial charge in [0.2, 0.25) is 5.91 Å². The summed E-state index contributed by atoms with van der Waals surface area (Å²) in [4.78, 5) is 13.4. The Hall–Kier alpha value is -2.57. The smallest absolute Gasteiger partial charge is 0.220 e. The van der Waals surface area contributed by atoms with Gasteiger partial charge in [-0.05, 0) is 70.6 Å². The standard InChI is InChI=1S/C80H145NO13/c1-3-5-7-9-11-13-15-17-19-21-23-25-27-29-31-32-33-34-35-36-38-39-41-43-45-47-49-51-53-55-57-59-61-63-69(84)68(67-91-79-77(90)75(88)78(71(66-83)93-79)94-80-76(89)74(87)73(86)70(65-82)92-80)81-72(85)64-62-60-58-56-54-52-50-48-46-44-42-40-37-30-28-26-24-22-20-18-16-14-12-10-8-6-4-2/h6,8,12,14,18,20,24,26,53,55,61,63,68-71,73-80,82-84,86-90H,3-5,7,9-11,13,15-17,19,21-23,25,27-52,54,56-60,62,64-67H2,1-2H3,(H,81,85)/b8-6-,14-12-,20-18-,26-24-,55-53+,63-61+. The predicted octanol–water partition coefficient (Wildman–Crippen LogP) is 17.4. The minimum absolute atomic E-state index is 0.248. The number of amides is 1. The summed E-state index contributed by atoms with van der Waals surface area (Å²) in [5, 5.41) is 87.6. The summed E-state index contributed by atoms with van der Waals surface area (Å²) in [6, 6.07) is -0.937. The van der Waals surface area contributed by atoms with Gasteiger partial charge in [-0.3, -0.25) is 4.79 Å². The van der Waals surface area contributed by atoms with Crippen LogP contribution in [0.1, 0.15) is 335 Å². The van der Waals surface area contributed by atoms with Crippen molar-refractivity contribution in [2.45, 2.75) is 408 Å². The molecule has 0 saturated carbocycles. The molecule has 94 heavy (non-hydrogen) atoms. The van der Waals surface area contributed by atoms with Crippen LogP contribution in [0.4, 0.5) is 0 Å². The lowest BCUT2D eigenvalue weighted by molar-refractivity contribution is -0.359. The average Bonchev–Trinajstić information content (AvgIpc) is 0.794. The average molecular weight is 1330 g/mol. The van der Waals surface area contributed by atoms with E-state index in [1.165, 1.54) is 244 Å². The number of aliphatic hydroxyl groups excluding tert-OH is 8. The fraction of sp³-hybridized carbons (Fsp3) is 0.838. The van der Waals surface area contributed by atoms with Crippen LogP contribution >= 0.6 is 0 Å². The molecule has 0 aromatic carbocycles. The molecular formula is C80H145NO13. The molecule has 0 bridgehead atoms. The molecule has 0 aromatic heterocycles. The van der Waals surface area contributed by atoms with Gasteiger partial charge in [-0.25, -0.2) is 0 Å². The highest BCUT2D eigenvalue weighted by Crippen LogP contribution is 2.30. The Labute approximate surface area is 574 Å². The van der Waals surface area contributed by atoms with Gasteiger partial charge in [0, 0.05) is 6.42 Å². The third kappa shape index (κ3) is 46.7. The van der Waals surface area contributed by atoms with Crippen LogP contribution in [-0.4, -0.2) is 140 Å². The SMILES string of the molecule is CC/C=C\C/C=C\C/C=C\C/C=C\CCCCCCCCCCCCCCCCC(=O)NC(COC1OC(CO)C(OC2OC(CO)C(O)C(O)C2O)C(O)C1O)C(O)/C=C/CC/C=C/CCCCCCCCCCCCCCCCCCCCCCCCCCCCC. The monoisotopic (exact) mass is 1330 g/mol. The summed E-state index contributed by atoms with van der Waals surface area (Å²) in [7, 11) is 0. The van der Waals surface area contributed by atoms with Gasteiger partial charge >= 0.3 is 0 Å². The van der Waals surface area contributed by atoms with Gasteiger partial charge in [-0.15, -0.1) is 0 Å². The van der Waals surface area contributed by atoms with Crippen LogP contribution in [0.25, 0.3) is 0 Å². The second-order valence-electron chi connectivity index (χ2n) is 27.4. The lowest BCUT2D eigenvalue weighted by atomic mass is 9.97. The highest BCUT2D eigenvalue weighted by atomic mass is 16.7. The highest BCUT2D eigenvalue weighted by molar-refractivity contribution is 5.76. The van der Waals surface area contributed by atoms with E-state index in [9.17, 15) is 45.6 Å². The first-order valence-corrected chi connectivity index (χ1v) is 39.2. The van der Waals surface area contributed by atoms with Crippen LogP contribution in [0.15, 0.2) is 72.9 Å². The van der Waals surface area contributed by atoms with Crippen LogP contribution in [-0.2, 0) is 23.7 Å². The molecule has 2 fully saturated rings. The molecule has 12 unspecified atom stereocenters. The Balaban J connectivity index is 1.64. The highest BCUT2D eigenvalue weighted by Gasteiger charge is 2.51. The zero-order valence-electron chi connectivity index (χ0n) is 60.0. The molecule has 2 rings (SSSR count).